The zero-order valence-corrected chi connectivity index (χ0v) is 14.9. The first-order valence-corrected chi connectivity index (χ1v) is 10.2. The Morgan fingerprint density at radius 1 is 0.625 bits per heavy atom. The van der Waals surface area contributed by atoms with E-state index in [4.69, 9.17) is 0 Å². The second kappa shape index (κ2) is 8.35. The Bertz CT molecular complexity index is 420. The summed E-state index contributed by atoms with van der Waals surface area (Å²) >= 11 is 0. The maximum absolute atomic E-state index is 13.5. The zero-order valence-electron chi connectivity index (χ0n) is 14.9. The van der Waals surface area contributed by atoms with Crippen molar-refractivity contribution in [2.75, 3.05) is 0 Å². The van der Waals surface area contributed by atoms with Gasteiger partial charge in [-0.1, -0.05) is 51.4 Å². The lowest BCUT2D eigenvalue weighted by Crippen LogP contribution is -2.53. The van der Waals surface area contributed by atoms with E-state index < -0.39 is 11.9 Å². The van der Waals surface area contributed by atoms with Gasteiger partial charge in [-0.15, -0.1) is 0 Å². The molecule has 0 aromatic rings. The molecule has 0 bridgehead atoms. The first kappa shape index (κ1) is 17.8. The average molecular weight is 335 g/mol. The van der Waals surface area contributed by atoms with Crippen molar-refractivity contribution in [2.45, 2.75) is 102 Å². The molecule has 0 aromatic carbocycles. The van der Waals surface area contributed by atoms with Crippen LogP contribution in [0.1, 0.15) is 89.9 Å². The van der Waals surface area contributed by atoms with Gasteiger partial charge < -0.3 is 10.0 Å². The molecule has 3 saturated carbocycles. The monoisotopic (exact) mass is 335 g/mol. The summed E-state index contributed by atoms with van der Waals surface area (Å²) in [6, 6.07) is 0.733. The molecule has 2 atom stereocenters. The van der Waals surface area contributed by atoms with Crippen molar-refractivity contribution in [1.29, 1.82) is 0 Å². The van der Waals surface area contributed by atoms with E-state index in [1.165, 1.54) is 38.5 Å². The Balaban J connectivity index is 1.79. The van der Waals surface area contributed by atoms with Gasteiger partial charge in [-0.05, 0) is 38.5 Å². The summed E-state index contributed by atoms with van der Waals surface area (Å²) in [5, 5.41) is 9.59. The van der Waals surface area contributed by atoms with Crippen LogP contribution in [0.2, 0.25) is 0 Å². The first-order valence-electron chi connectivity index (χ1n) is 10.2. The number of aliphatic carboxylic acids is 1. The predicted octanol–water partition coefficient (Wildman–Crippen LogP) is 4.37. The molecule has 136 valence electrons. The van der Waals surface area contributed by atoms with Crippen LogP contribution >= 0.6 is 0 Å². The van der Waals surface area contributed by atoms with Crippen molar-refractivity contribution in [3.8, 4) is 0 Å². The molecule has 0 aromatic heterocycles. The fraction of sp³-hybridized carbons (Fsp3) is 0.900. The third-order valence-electron chi connectivity index (χ3n) is 6.59. The Labute approximate surface area is 146 Å². The van der Waals surface area contributed by atoms with E-state index >= 15 is 0 Å². The molecule has 0 spiro atoms. The topological polar surface area (TPSA) is 57.6 Å². The Kier molecular flexibility index (Phi) is 6.18. The fourth-order valence-corrected chi connectivity index (χ4v) is 5.29. The third kappa shape index (κ3) is 3.94. The molecule has 3 fully saturated rings. The lowest BCUT2D eigenvalue weighted by molar-refractivity contribution is -0.155. The largest absolute Gasteiger partial charge is 0.481 e. The molecular weight excluding hydrogens is 302 g/mol. The molecule has 3 rings (SSSR count). The van der Waals surface area contributed by atoms with Gasteiger partial charge in [-0.2, -0.15) is 0 Å². The van der Waals surface area contributed by atoms with Crippen molar-refractivity contribution >= 4 is 11.9 Å². The highest BCUT2D eigenvalue weighted by molar-refractivity contribution is 5.85. The molecule has 0 saturated heterocycles. The van der Waals surface area contributed by atoms with Crippen molar-refractivity contribution < 1.29 is 14.7 Å². The van der Waals surface area contributed by atoms with Gasteiger partial charge >= 0.3 is 5.97 Å². The van der Waals surface area contributed by atoms with Crippen LogP contribution in [0.3, 0.4) is 0 Å². The number of amides is 1. The molecular formula is C20H33NO3. The number of nitrogens with zero attached hydrogens (tertiary/aromatic N) is 1. The van der Waals surface area contributed by atoms with Crippen LogP contribution in [0.4, 0.5) is 0 Å². The Morgan fingerprint density at radius 3 is 1.50 bits per heavy atom. The summed E-state index contributed by atoms with van der Waals surface area (Å²) in [5.74, 6) is -1.32. The van der Waals surface area contributed by atoms with Gasteiger partial charge in [0.15, 0.2) is 0 Å². The van der Waals surface area contributed by atoms with Crippen LogP contribution in [-0.4, -0.2) is 34.0 Å². The summed E-state index contributed by atoms with van der Waals surface area (Å²) in [6.45, 7) is 0. The Morgan fingerprint density at radius 2 is 1.04 bits per heavy atom. The van der Waals surface area contributed by atoms with Gasteiger partial charge in [0.2, 0.25) is 5.91 Å². The minimum Gasteiger partial charge on any atom is -0.481 e. The van der Waals surface area contributed by atoms with E-state index in [1.54, 1.807) is 0 Å². The van der Waals surface area contributed by atoms with Crippen LogP contribution in [0.25, 0.3) is 0 Å². The number of carbonyl (C=O) groups is 2. The van der Waals surface area contributed by atoms with Gasteiger partial charge in [0.05, 0.1) is 11.8 Å². The molecule has 4 nitrogen and oxygen atoms in total. The molecule has 0 heterocycles. The highest BCUT2D eigenvalue weighted by Crippen LogP contribution is 2.36. The van der Waals surface area contributed by atoms with E-state index in [-0.39, 0.29) is 11.8 Å². The maximum atomic E-state index is 13.5. The Hall–Kier alpha value is -1.06. The smallest absolute Gasteiger partial charge is 0.307 e. The summed E-state index contributed by atoms with van der Waals surface area (Å²) in [4.78, 5) is 27.4. The quantitative estimate of drug-likeness (QED) is 0.830. The first-order chi connectivity index (χ1) is 11.7. The number of rotatable bonds is 4. The lowest BCUT2D eigenvalue weighted by atomic mass is 9.77. The maximum Gasteiger partial charge on any atom is 0.307 e. The number of carboxylic acid groups (broad SMARTS) is 1. The molecule has 0 radical (unpaired) electrons. The number of carboxylic acids is 1. The lowest BCUT2D eigenvalue weighted by Gasteiger charge is -2.44. The second-order valence-electron chi connectivity index (χ2n) is 8.16. The van der Waals surface area contributed by atoms with E-state index in [2.05, 4.69) is 4.90 Å². The summed E-state index contributed by atoms with van der Waals surface area (Å²) in [6.07, 6.45) is 15.3. The van der Waals surface area contributed by atoms with Gasteiger partial charge in [0.25, 0.3) is 0 Å². The highest BCUT2D eigenvalue weighted by Gasteiger charge is 2.42. The van der Waals surface area contributed by atoms with Gasteiger partial charge in [0.1, 0.15) is 0 Å². The number of hydrogen-bond donors (Lipinski definition) is 1. The number of carbonyl (C=O) groups excluding carboxylic acids is 1. The molecule has 3 aliphatic carbocycles. The third-order valence-corrected chi connectivity index (χ3v) is 6.59. The van der Waals surface area contributed by atoms with Crippen molar-refractivity contribution in [3.63, 3.8) is 0 Å². The summed E-state index contributed by atoms with van der Waals surface area (Å²) in [7, 11) is 0. The molecule has 3 aliphatic rings. The molecule has 0 unspecified atom stereocenters. The van der Waals surface area contributed by atoms with Crippen molar-refractivity contribution in [3.05, 3.63) is 0 Å². The van der Waals surface area contributed by atoms with E-state index in [0.29, 0.717) is 18.5 Å². The van der Waals surface area contributed by atoms with Gasteiger partial charge in [-0.3, -0.25) is 9.59 Å². The minimum atomic E-state index is -0.764. The fourth-order valence-electron chi connectivity index (χ4n) is 5.29. The van der Waals surface area contributed by atoms with Gasteiger partial charge in [-0.25, -0.2) is 0 Å². The molecule has 1 N–H and O–H groups in total. The summed E-state index contributed by atoms with van der Waals surface area (Å²) < 4.78 is 0. The van der Waals surface area contributed by atoms with Gasteiger partial charge in [0, 0.05) is 12.1 Å². The molecule has 24 heavy (non-hydrogen) atoms. The van der Waals surface area contributed by atoms with Crippen LogP contribution < -0.4 is 0 Å². The molecule has 0 aliphatic heterocycles. The number of hydrogen-bond acceptors (Lipinski definition) is 2. The second-order valence-corrected chi connectivity index (χ2v) is 8.16. The van der Waals surface area contributed by atoms with Crippen LogP contribution in [0, 0.1) is 11.8 Å². The summed E-state index contributed by atoms with van der Waals surface area (Å²) in [5.41, 5.74) is 0. The van der Waals surface area contributed by atoms with E-state index in [0.717, 1.165) is 44.9 Å². The van der Waals surface area contributed by atoms with Crippen LogP contribution in [0.15, 0.2) is 0 Å². The molecule has 1 amide bonds. The van der Waals surface area contributed by atoms with E-state index in [9.17, 15) is 14.7 Å². The standard InChI is InChI=1S/C20H33NO3/c22-19(17-13-7-8-14-18(17)20(23)24)21(15-9-3-1-4-10-15)16-11-5-2-6-12-16/h15-18H,1-14H2,(H,23,24)/t17-,18+/m0/s1. The zero-order chi connectivity index (χ0) is 16.9. The SMILES string of the molecule is O=C(O)[C@@H]1CCCC[C@@H]1C(=O)N(C1CCCCC1)C1CCCCC1. The van der Waals surface area contributed by atoms with Crippen molar-refractivity contribution in [1.82, 2.24) is 4.90 Å². The predicted molar refractivity (Wildman–Crippen MR) is 93.7 cm³/mol. The van der Waals surface area contributed by atoms with Crippen molar-refractivity contribution in [2.24, 2.45) is 11.8 Å². The minimum absolute atomic E-state index is 0.181. The van der Waals surface area contributed by atoms with Crippen LogP contribution in [-0.2, 0) is 9.59 Å². The molecule has 4 heteroatoms. The average Bonchev–Trinajstić information content (AvgIpc) is 2.63. The highest BCUT2D eigenvalue weighted by atomic mass is 16.4. The van der Waals surface area contributed by atoms with Crippen LogP contribution in [0.5, 0.6) is 0 Å². The van der Waals surface area contributed by atoms with E-state index in [1.807, 2.05) is 0 Å². The normalized spacial score (nSPS) is 30.0.